The molecule has 116 valence electrons. The van der Waals surface area contributed by atoms with Crippen LogP contribution in [0.2, 0.25) is 0 Å². The van der Waals surface area contributed by atoms with Gasteiger partial charge in [0.05, 0.1) is 17.5 Å². The molecule has 0 aliphatic heterocycles. The second-order valence-corrected chi connectivity index (χ2v) is 5.79. The highest BCUT2D eigenvalue weighted by Gasteiger charge is 2.48. The molecule has 0 aromatic heterocycles. The number of nitrogens with two attached hydrogens (primary N) is 1. The first kappa shape index (κ1) is 17.2. The molecule has 1 saturated carbocycles. The minimum atomic E-state index is -4.32. The van der Waals surface area contributed by atoms with Crippen molar-refractivity contribution in [2.24, 2.45) is 17.6 Å². The Morgan fingerprint density at radius 1 is 1.35 bits per heavy atom. The van der Waals surface area contributed by atoms with Crippen molar-refractivity contribution in [3.63, 3.8) is 0 Å². The molecular formula is C13H21F3N2OS. The van der Waals surface area contributed by atoms with E-state index in [-0.39, 0.29) is 18.0 Å². The Bertz CT molecular complexity index is 360. The molecule has 0 spiro atoms. The van der Waals surface area contributed by atoms with Gasteiger partial charge >= 0.3 is 6.18 Å². The van der Waals surface area contributed by atoms with Crippen molar-refractivity contribution < 1.29 is 18.0 Å². The van der Waals surface area contributed by atoms with Gasteiger partial charge in [0.25, 0.3) is 0 Å². The average Bonchev–Trinajstić information content (AvgIpc) is 2.36. The molecule has 2 atom stereocenters. The summed E-state index contributed by atoms with van der Waals surface area (Å²) in [5, 5.41) is 0. The van der Waals surface area contributed by atoms with Gasteiger partial charge in [0, 0.05) is 12.5 Å². The van der Waals surface area contributed by atoms with Crippen LogP contribution in [0.15, 0.2) is 0 Å². The molecule has 1 aliphatic rings. The molecule has 1 aliphatic carbocycles. The van der Waals surface area contributed by atoms with E-state index in [9.17, 15) is 18.0 Å². The van der Waals surface area contributed by atoms with Crippen LogP contribution in [0, 0.1) is 11.8 Å². The summed E-state index contributed by atoms with van der Waals surface area (Å²) in [4.78, 5) is 13.9. The second-order valence-electron chi connectivity index (χ2n) is 5.27. The number of carbonyl (C=O) groups is 1. The number of thiocarbonyl (C=S) groups is 1. The van der Waals surface area contributed by atoms with Gasteiger partial charge in [0.1, 0.15) is 0 Å². The molecule has 0 saturated heterocycles. The number of halogens is 3. The third-order valence-electron chi connectivity index (χ3n) is 3.66. The zero-order valence-electron chi connectivity index (χ0n) is 11.6. The Labute approximate surface area is 122 Å². The Morgan fingerprint density at radius 2 is 1.95 bits per heavy atom. The van der Waals surface area contributed by atoms with Gasteiger partial charge in [-0.2, -0.15) is 13.2 Å². The van der Waals surface area contributed by atoms with E-state index < -0.39 is 23.9 Å². The molecule has 1 rings (SSSR count). The summed E-state index contributed by atoms with van der Waals surface area (Å²) in [5.41, 5.74) is 5.43. The molecule has 20 heavy (non-hydrogen) atoms. The molecule has 1 fully saturated rings. The van der Waals surface area contributed by atoms with Gasteiger partial charge in [-0.05, 0) is 19.3 Å². The maximum absolute atomic E-state index is 13.0. The molecule has 0 aromatic carbocycles. The van der Waals surface area contributed by atoms with Crippen LogP contribution in [0.4, 0.5) is 13.2 Å². The molecule has 0 aromatic rings. The lowest BCUT2D eigenvalue weighted by atomic mass is 9.78. The van der Waals surface area contributed by atoms with Crippen molar-refractivity contribution in [1.29, 1.82) is 0 Å². The molecular weight excluding hydrogens is 289 g/mol. The monoisotopic (exact) mass is 310 g/mol. The maximum Gasteiger partial charge on any atom is 0.392 e. The first-order valence-electron chi connectivity index (χ1n) is 6.91. The van der Waals surface area contributed by atoms with E-state index in [1.165, 1.54) is 4.90 Å². The molecule has 0 radical (unpaired) electrons. The van der Waals surface area contributed by atoms with Crippen LogP contribution in [-0.4, -0.2) is 35.1 Å². The highest BCUT2D eigenvalue weighted by atomic mass is 32.1. The van der Waals surface area contributed by atoms with E-state index in [2.05, 4.69) is 0 Å². The average molecular weight is 310 g/mol. The van der Waals surface area contributed by atoms with Crippen molar-refractivity contribution >= 4 is 23.1 Å². The molecule has 7 heteroatoms. The summed E-state index contributed by atoms with van der Waals surface area (Å²) in [6.07, 6.45) is -2.14. The first-order chi connectivity index (χ1) is 9.27. The van der Waals surface area contributed by atoms with E-state index in [4.69, 9.17) is 18.0 Å². The highest BCUT2D eigenvalue weighted by molar-refractivity contribution is 7.80. The van der Waals surface area contributed by atoms with Crippen molar-refractivity contribution in [2.75, 3.05) is 13.1 Å². The molecule has 2 unspecified atom stereocenters. The maximum atomic E-state index is 13.0. The molecule has 0 bridgehead atoms. The lowest BCUT2D eigenvalue weighted by Crippen LogP contribution is -2.47. The van der Waals surface area contributed by atoms with E-state index in [1.807, 2.05) is 6.92 Å². The Morgan fingerprint density at radius 3 is 2.45 bits per heavy atom. The summed E-state index contributed by atoms with van der Waals surface area (Å²) in [6, 6.07) is 0. The SMILES string of the molecule is CCCN(CC(N)=S)C(=O)C1CCCCC1C(F)(F)F. The number of carbonyl (C=O) groups excluding carboxylic acids is 1. The lowest BCUT2D eigenvalue weighted by molar-refractivity contribution is -0.200. The summed E-state index contributed by atoms with van der Waals surface area (Å²) >= 11 is 4.77. The Hall–Kier alpha value is -0.850. The number of amides is 1. The zero-order chi connectivity index (χ0) is 15.3. The summed E-state index contributed by atoms with van der Waals surface area (Å²) in [6.45, 7) is 2.31. The number of alkyl halides is 3. The third kappa shape index (κ3) is 4.61. The number of nitrogens with zero attached hydrogens (tertiary/aromatic N) is 1. The number of hydrogen-bond donors (Lipinski definition) is 1. The molecule has 0 heterocycles. The minimum Gasteiger partial charge on any atom is -0.392 e. The van der Waals surface area contributed by atoms with Gasteiger partial charge in [-0.15, -0.1) is 0 Å². The van der Waals surface area contributed by atoms with Crippen molar-refractivity contribution in [3.05, 3.63) is 0 Å². The molecule has 2 N–H and O–H groups in total. The van der Waals surface area contributed by atoms with Crippen LogP contribution >= 0.6 is 12.2 Å². The summed E-state index contributed by atoms with van der Waals surface area (Å²) < 4.78 is 39.1. The fraction of sp³-hybridized carbons (Fsp3) is 0.846. The van der Waals surface area contributed by atoms with Crippen molar-refractivity contribution in [3.8, 4) is 0 Å². The second kappa shape index (κ2) is 7.24. The largest absolute Gasteiger partial charge is 0.392 e. The predicted octanol–water partition coefficient (Wildman–Crippen LogP) is 2.88. The standard InChI is InChI=1S/C13H21F3N2OS/c1-2-7-18(8-11(17)20)12(19)9-5-3-4-6-10(9)13(14,15)16/h9-10H,2-8H2,1H3,(H2,17,20). The van der Waals surface area contributed by atoms with Crippen LogP contribution in [0.5, 0.6) is 0 Å². The Kier molecular flexibility index (Phi) is 6.23. The topological polar surface area (TPSA) is 46.3 Å². The predicted molar refractivity (Wildman–Crippen MR) is 75.2 cm³/mol. The summed E-state index contributed by atoms with van der Waals surface area (Å²) in [7, 11) is 0. The van der Waals surface area contributed by atoms with Crippen LogP contribution in [-0.2, 0) is 4.79 Å². The lowest BCUT2D eigenvalue weighted by Gasteiger charge is -2.35. The highest BCUT2D eigenvalue weighted by Crippen LogP contribution is 2.42. The molecule has 3 nitrogen and oxygen atoms in total. The smallest absolute Gasteiger partial charge is 0.392 e. The number of hydrogen-bond acceptors (Lipinski definition) is 2. The van der Waals surface area contributed by atoms with E-state index in [0.29, 0.717) is 32.2 Å². The molecule has 1 amide bonds. The van der Waals surface area contributed by atoms with Crippen LogP contribution in [0.1, 0.15) is 39.0 Å². The van der Waals surface area contributed by atoms with E-state index >= 15 is 0 Å². The van der Waals surface area contributed by atoms with Gasteiger partial charge in [-0.1, -0.05) is 32.0 Å². The summed E-state index contributed by atoms with van der Waals surface area (Å²) in [5.74, 6) is -2.97. The third-order valence-corrected chi connectivity index (χ3v) is 3.78. The van der Waals surface area contributed by atoms with Gasteiger partial charge in [-0.25, -0.2) is 0 Å². The quantitative estimate of drug-likeness (QED) is 0.794. The van der Waals surface area contributed by atoms with Crippen molar-refractivity contribution in [1.82, 2.24) is 4.90 Å². The van der Waals surface area contributed by atoms with E-state index in [1.54, 1.807) is 0 Å². The number of rotatable bonds is 5. The van der Waals surface area contributed by atoms with Gasteiger partial charge in [0.2, 0.25) is 5.91 Å². The van der Waals surface area contributed by atoms with Gasteiger partial charge in [-0.3, -0.25) is 4.79 Å². The normalized spacial score (nSPS) is 23.4. The van der Waals surface area contributed by atoms with Crippen LogP contribution in [0.3, 0.4) is 0 Å². The van der Waals surface area contributed by atoms with Crippen molar-refractivity contribution in [2.45, 2.75) is 45.2 Å². The first-order valence-corrected chi connectivity index (χ1v) is 7.32. The van der Waals surface area contributed by atoms with Gasteiger partial charge in [0.15, 0.2) is 0 Å². The fourth-order valence-corrected chi connectivity index (χ4v) is 2.93. The minimum absolute atomic E-state index is 0.0347. The van der Waals surface area contributed by atoms with Crippen LogP contribution in [0.25, 0.3) is 0 Å². The van der Waals surface area contributed by atoms with Crippen LogP contribution < -0.4 is 5.73 Å². The van der Waals surface area contributed by atoms with Gasteiger partial charge < -0.3 is 10.6 Å². The Balaban J connectivity index is 2.86. The fourth-order valence-electron chi connectivity index (χ4n) is 2.78. The van der Waals surface area contributed by atoms with E-state index in [0.717, 1.165) is 0 Å². The zero-order valence-corrected chi connectivity index (χ0v) is 12.4.